The van der Waals surface area contributed by atoms with E-state index in [2.05, 4.69) is 10.6 Å². The van der Waals surface area contributed by atoms with Crippen LogP contribution in [0.4, 0.5) is 5.69 Å². The van der Waals surface area contributed by atoms with Gasteiger partial charge in [0.15, 0.2) is 11.5 Å². The summed E-state index contributed by atoms with van der Waals surface area (Å²) >= 11 is 0. The molecular weight excluding hydrogens is 444 g/mol. The highest BCUT2D eigenvalue weighted by Gasteiger charge is 2.51. The average molecular weight is 473 g/mol. The molecule has 0 bridgehead atoms. The van der Waals surface area contributed by atoms with Crippen molar-refractivity contribution in [2.45, 2.75) is 38.2 Å². The van der Waals surface area contributed by atoms with Crippen molar-refractivity contribution < 1.29 is 24.2 Å². The molecule has 0 unspecified atom stereocenters. The minimum Gasteiger partial charge on any atom is -0.454 e. The number of aryl methyl sites for hydroxylation is 1. The van der Waals surface area contributed by atoms with Gasteiger partial charge >= 0.3 is 0 Å². The van der Waals surface area contributed by atoms with Gasteiger partial charge in [0.2, 0.25) is 12.7 Å². The first-order chi connectivity index (χ1) is 16.9. The van der Waals surface area contributed by atoms with Crippen LogP contribution in [0.25, 0.3) is 11.1 Å². The van der Waals surface area contributed by atoms with Crippen molar-refractivity contribution in [3.05, 3.63) is 77.4 Å². The molecule has 0 radical (unpaired) electrons. The first kappa shape index (κ1) is 22.9. The van der Waals surface area contributed by atoms with E-state index >= 15 is 0 Å². The van der Waals surface area contributed by atoms with Gasteiger partial charge in [-0.25, -0.2) is 0 Å². The standard InChI is InChI=1S/C28H28N2O5/c1-17-3-9-22(14-23(17)19-4-6-20(7-5-19)26(32)29-15-18(2)31)30-27(33)28(11-12-28)21-8-10-24-25(13-21)35-16-34-24/h3-10,13-14,18,31H,11-12,15-16H2,1-2H3,(H,29,32)(H,30,33)/t18-/m1/s1. The lowest BCUT2D eigenvalue weighted by Crippen LogP contribution is -2.30. The van der Waals surface area contributed by atoms with Crippen LogP contribution in [0.2, 0.25) is 0 Å². The molecule has 0 aromatic heterocycles. The largest absolute Gasteiger partial charge is 0.454 e. The lowest BCUT2D eigenvalue weighted by Gasteiger charge is -2.17. The zero-order chi connectivity index (χ0) is 24.6. The number of fused-ring (bicyclic) bond motifs is 1. The van der Waals surface area contributed by atoms with Crippen LogP contribution in [0, 0.1) is 6.92 Å². The van der Waals surface area contributed by atoms with Crippen molar-refractivity contribution in [2.24, 2.45) is 0 Å². The van der Waals surface area contributed by atoms with Crippen molar-refractivity contribution >= 4 is 17.5 Å². The van der Waals surface area contributed by atoms with E-state index in [1.165, 1.54) is 0 Å². The summed E-state index contributed by atoms with van der Waals surface area (Å²) in [4.78, 5) is 25.5. The Bertz CT molecular complexity index is 1280. The first-order valence-electron chi connectivity index (χ1n) is 11.7. The van der Waals surface area contributed by atoms with E-state index in [4.69, 9.17) is 9.47 Å². The molecule has 3 aromatic carbocycles. The molecule has 0 spiro atoms. The summed E-state index contributed by atoms with van der Waals surface area (Å²) in [5.74, 6) is 1.13. The number of benzene rings is 3. The average Bonchev–Trinajstić information content (AvgIpc) is 3.54. The van der Waals surface area contributed by atoms with E-state index in [1.54, 1.807) is 19.1 Å². The molecule has 5 rings (SSSR count). The van der Waals surface area contributed by atoms with Gasteiger partial charge < -0.3 is 25.2 Å². The van der Waals surface area contributed by atoms with Gasteiger partial charge in [-0.3, -0.25) is 9.59 Å². The Labute approximate surface area is 204 Å². The minimum absolute atomic E-state index is 0.0312. The van der Waals surface area contributed by atoms with Crippen molar-refractivity contribution in [2.75, 3.05) is 18.7 Å². The van der Waals surface area contributed by atoms with Crippen LogP contribution in [0.3, 0.4) is 0 Å². The van der Waals surface area contributed by atoms with Gasteiger partial charge in [0.05, 0.1) is 11.5 Å². The van der Waals surface area contributed by atoms with Gasteiger partial charge in [0.25, 0.3) is 5.91 Å². The van der Waals surface area contributed by atoms with Crippen LogP contribution in [0.1, 0.15) is 41.3 Å². The summed E-state index contributed by atoms with van der Waals surface area (Å²) in [6.07, 6.45) is 0.976. The number of anilines is 1. The maximum Gasteiger partial charge on any atom is 0.251 e. The van der Waals surface area contributed by atoms with Crippen LogP contribution >= 0.6 is 0 Å². The van der Waals surface area contributed by atoms with Crippen LogP contribution in [-0.4, -0.2) is 36.4 Å². The molecule has 0 saturated heterocycles. The third-order valence-corrected chi connectivity index (χ3v) is 6.62. The number of hydrogen-bond donors (Lipinski definition) is 3. The van der Waals surface area contributed by atoms with Crippen molar-refractivity contribution in [3.8, 4) is 22.6 Å². The second-order valence-corrected chi connectivity index (χ2v) is 9.27. The van der Waals surface area contributed by atoms with Gasteiger partial charge in [0, 0.05) is 17.8 Å². The molecule has 1 saturated carbocycles. The molecule has 1 fully saturated rings. The van der Waals surface area contributed by atoms with Gasteiger partial charge in [-0.1, -0.05) is 24.3 Å². The molecule has 1 heterocycles. The number of aliphatic hydroxyl groups is 1. The summed E-state index contributed by atoms with van der Waals surface area (Å²) in [5.41, 5.74) is 4.63. The SMILES string of the molecule is Cc1ccc(NC(=O)C2(c3ccc4c(c3)OCO4)CC2)cc1-c1ccc(C(=O)NC[C@@H](C)O)cc1. The summed E-state index contributed by atoms with van der Waals surface area (Å²) in [6.45, 7) is 4.05. The number of rotatable bonds is 7. The highest BCUT2D eigenvalue weighted by atomic mass is 16.7. The second kappa shape index (κ2) is 9.07. The topological polar surface area (TPSA) is 96.9 Å². The molecule has 3 N–H and O–H groups in total. The molecule has 7 nitrogen and oxygen atoms in total. The number of nitrogens with one attached hydrogen (secondary N) is 2. The van der Waals surface area contributed by atoms with Crippen LogP contribution in [0.5, 0.6) is 11.5 Å². The Morgan fingerprint density at radius 3 is 2.46 bits per heavy atom. The highest BCUT2D eigenvalue weighted by molar-refractivity contribution is 6.02. The number of ether oxygens (including phenoxy) is 2. The predicted molar refractivity (Wildman–Crippen MR) is 133 cm³/mol. The summed E-state index contributed by atoms with van der Waals surface area (Å²) in [5, 5.41) is 15.2. The monoisotopic (exact) mass is 472 g/mol. The third-order valence-electron chi connectivity index (χ3n) is 6.62. The van der Waals surface area contributed by atoms with E-state index in [-0.39, 0.29) is 25.2 Å². The van der Waals surface area contributed by atoms with Gasteiger partial charge in [0.1, 0.15) is 0 Å². The van der Waals surface area contributed by atoms with E-state index in [9.17, 15) is 14.7 Å². The molecule has 1 aliphatic heterocycles. The highest BCUT2D eigenvalue weighted by Crippen LogP contribution is 2.51. The number of hydrogen-bond acceptors (Lipinski definition) is 5. The fraction of sp³-hybridized carbons (Fsp3) is 0.286. The zero-order valence-electron chi connectivity index (χ0n) is 19.8. The zero-order valence-corrected chi connectivity index (χ0v) is 19.8. The second-order valence-electron chi connectivity index (χ2n) is 9.27. The van der Waals surface area contributed by atoms with E-state index < -0.39 is 11.5 Å². The minimum atomic E-state index is -0.598. The molecule has 1 atom stereocenters. The maximum atomic E-state index is 13.3. The Morgan fingerprint density at radius 2 is 1.74 bits per heavy atom. The van der Waals surface area contributed by atoms with Crippen LogP contribution in [-0.2, 0) is 10.2 Å². The molecule has 180 valence electrons. The Hall–Kier alpha value is -3.84. The normalized spacial score (nSPS) is 15.9. The number of aliphatic hydroxyl groups excluding tert-OH is 1. The van der Waals surface area contributed by atoms with Gasteiger partial charge in [-0.2, -0.15) is 0 Å². The molecule has 35 heavy (non-hydrogen) atoms. The molecular formula is C28H28N2O5. The lowest BCUT2D eigenvalue weighted by molar-refractivity contribution is -0.118. The summed E-state index contributed by atoms with van der Waals surface area (Å²) in [6, 6.07) is 18.9. The lowest BCUT2D eigenvalue weighted by atomic mass is 9.94. The smallest absolute Gasteiger partial charge is 0.251 e. The van der Waals surface area contributed by atoms with Crippen LogP contribution < -0.4 is 20.1 Å². The molecule has 1 aliphatic carbocycles. The molecule has 7 heteroatoms. The Morgan fingerprint density at radius 1 is 1.00 bits per heavy atom. The first-order valence-corrected chi connectivity index (χ1v) is 11.7. The molecule has 3 aromatic rings. The summed E-state index contributed by atoms with van der Waals surface area (Å²) in [7, 11) is 0. The fourth-order valence-corrected chi connectivity index (χ4v) is 4.37. The quantitative estimate of drug-likeness (QED) is 0.480. The summed E-state index contributed by atoms with van der Waals surface area (Å²) < 4.78 is 10.9. The van der Waals surface area contributed by atoms with E-state index in [0.29, 0.717) is 17.1 Å². The number of amides is 2. The number of carbonyl (C=O) groups is 2. The third kappa shape index (κ3) is 4.59. The Kier molecular flexibility index (Phi) is 5.94. The Balaban J connectivity index is 1.32. The van der Waals surface area contributed by atoms with E-state index in [0.717, 1.165) is 40.8 Å². The van der Waals surface area contributed by atoms with E-state index in [1.807, 2.05) is 55.5 Å². The number of carbonyl (C=O) groups excluding carboxylic acids is 2. The van der Waals surface area contributed by atoms with Crippen LogP contribution in [0.15, 0.2) is 60.7 Å². The van der Waals surface area contributed by atoms with Crippen molar-refractivity contribution in [1.29, 1.82) is 0 Å². The molecule has 2 aliphatic rings. The maximum absolute atomic E-state index is 13.3. The molecule has 2 amide bonds. The van der Waals surface area contributed by atoms with Gasteiger partial charge in [-0.05, 0) is 85.3 Å². The van der Waals surface area contributed by atoms with Crippen molar-refractivity contribution in [1.82, 2.24) is 5.32 Å². The predicted octanol–water partition coefficient (Wildman–Crippen LogP) is 4.17. The van der Waals surface area contributed by atoms with Crippen molar-refractivity contribution in [3.63, 3.8) is 0 Å². The fourth-order valence-electron chi connectivity index (χ4n) is 4.37. The van der Waals surface area contributed by atoms with Gasteiger partial charge in [-0.15, -0.1) is 0 Å².